The molecule has 1 amide bonds. The number of hydrogen-bond acceptors (Lipinski definition) is 5. The van der Waals surface area contributed by atoms with Crippen molar-refractivity contribution in [3.8, 4) is 22.6 Å². The molecule has 0 spiro atoms. The van der Waals surface area contributed by atoms with Crippen LogP contribution in [0.25, 0.3) is 22.0 Å². The van der Waals surface area contributed by atoms with Gasteiger partial charge in [0.15, 0.2) is 5.69 Å². The third kappa shape index (κ3) is 5.74. The average molecular weight is 484 g/mol. The van der Waals surface area contributed by atoms with Crippen molar-refractivity contribution in [1.29, 1.82) is 0 Å². The van der Waals surface area contributed by atoms with Gasteiger partial charge in [-0.25, -0.2) is 0 Å². The van der Waals surface area contributed by atoms with Crippen molar-refractivity contribution in [2.75, 3.05) is 19.6 Å². The van der Waals surface area contributed by atoms with Gasteiger partial charge in [-0.05, 0) is 54.2 Å². The summed E-state index contributed by atoms with van der Waals surface area (Å²) in [6, 6.07) is 17.7. The van der Waals surface area contributed by atoms with E-state index < -0.39 is 0 Å². The minimum atomic E-state index is -0.132. The summed E-state index contributed by atoms with van der Waals surface area (Å²) in [4.78, 5) is 20.0. The number of rotatable bonds is 6. The van der Waals surface area contributed by atoms with E-state index in [1.54, 1.807) is 12.4 Å². The Balaban J connectivity index is 1.30. The first-order valence-corrected chi connectivity index (χ1v) is 12.5. The first-order chi connectivity index (χ1) is 17.3. The fourth-order valence-electron chi connectivity index (χ4n) is 4.78. The van der Waals surface area contributed by atoms with Crippen LogP contribution in [-0.2, 0) is 0 Å². The summed E-state index contributed by atoms with van der Waals surface area (Å²) in [6.07, 6.45) is 5.40. The van der Waals surface area contributed by atoms with Gasteiger partial charge >= 0.3 is 0 Å². The fraction of sp³-hybridized carbons (Fsp3) is 0.345. The first-order valence-electron chi connectivity index (χ1n) is 12.5. The molecule has 7 nitrogen and oxygen atoms in total. The van der Waals surface area contributed by atoms with Crippen molar-refractivity contribution in [3.63, 3.8) is 0 Å². The van der Waals surface area contributed by atoms with Crippen LogP contribution in [0.2, 0.25) is 0 Å². The topological polar surface area (TPSA) is 83.1 Å². The molecule has 0 saturated carbocycles. The Morgan fingerprint density at radius 2 is 1.81 bits per heavy atom. The number of ether oxygens (including phenoxy) is 1. The van der Waals surface area contributed by atoms with Crippen LogP contribution in [0.4, 0.5) is 0 Å². The molecule has 4 aromatic rings. The molecule has 186 valence electrons. The Bertz CT molecular complexity index is 1330. The molecule has 0 unspecified atom stereocenters. The van der Waals surface area contributed by atoms with E-state index in [-0.39, 0.29) is 17.4 Å². The van der Waals surface area contributed by atoms with Crippen molar-refractivity contribution in [2.24, 2.45) is 5.41 Å². The molecule has 0 atom stereocenters. The maximum absolute atomic E-state index is 13.2. The number of likely N-dealkylation sites (tertiary alicyclic amines) is 1. The summed E-state index contributed by atoms with van der Waals surface area (Å²) in [7, 11) is 0. The van der Waals surface area contributed by atoms with Crippen molar-refractivity contribution < 1.29 is 9.53 Å². The number of nitrogens with one attached hydrogen (secondary N) is 2. The molecule has 5 rings (SSSR count). The van der Waals surface area contributed by atoms with Gasteiger partial charge in [-0.15, -0.1) is 0 Å². The molecule has 1 aliphatic heterocycles. The van der Waals surface area contributed by atoms with Crippen LogP contribution in [0.3, 0.4) is 0 Å². The van der Waals surface area contributed by atoms with Crippen LogP contribution in [0.15, 0.2) is 67.0 Å². The van der Waals surface area contributed by atoms with Gasteiger partial charge in [-0.1, -0.05) is 45.0 Å². The molecule has 2 N–H and O–H groups in total. The molecule has 2 aromatic carbocycles. The summed E-state index contributed by atoms with van der Waals surface area (Å²) in [5.41, 5.74) is 3.38. The number of nitrogens with zero attached hydrogens (tertiary/aromatic N) is 3. The second-order valence-corrected chi connectivity index (χ2v) is 10.7. The molecule has 7 heteroatoms. The minimum absolute atomic E-state index is 0.132. The Morgan fingerprint density at radius 1 is 1.03 bits per heavy atom. The van der Waals surface area contributed by atoms with Gasteiger partial charge < -0.3 is 15.0 Å². The zero-order valence-electron chi connectivity index (χ0n) is 21.1. The minimum Gasteiger partial charge on any atom is -0.456 e. The predicted molar refractivity (Wildman–Crippen MR) is 142 cm³/mol. The number of carbonyl (C=O) groups excluding carboxylic acids is 1. The third-order valence-electron chi connectivity index (χ3n) is 6.42. The van der Waals surface area contributed by atoms with Crippen molar-refractivity contribution in [3.05, 3.63) is 72.7 Å². The number of amides is 1. The highest BCUT2D eigenvalue weighted by Crippen LogP contribution is 2.29. The van der Waals surface area contributed by atoms with Crippen molar-refractivity contribution in [1.82, 2.24) is 25.4 Å². The van der Waals surface area contributed by atoms with E-state index in [0.29, 0.717) is 11.4 Å². The number of aromatic amines is 1. The number of H-pyrrole nitrogens is 1. The molecule has 36 heavy (non-hydrogen) atoms. The Hall–Kier alpha value is -3.71. The number of fused-ring (bicyclic) bond motifs is 1. The van der Waals surface area contributed by atoms with Gasteiger partial charge in [-0.3, -0.25) is 14.9 Å². The number of carbonyl (C=O) groups is 1. The van der Waals surface area contributed by atoms with Gasteiger partial charge in [0, 0.05) is 42.8 Å². The Kier molecular flexibility index (Phi) is 6.74. The lowest BCUT2D eigenvalue weighted by atomic mass is 9.94. The molecule has 1 fully saturated rings. The number of aromatic nitrogens is 3. The predicted octanol–water partition coefficient (Wildman–Crippen LogP) is 5.66. The van der Waals surface area contributed by atoms with Gasteiger partial charge in [-0.2, -0.15) is 5.10 Å². The summed E-state index contributed by atoms with van der Waals surface area (Å²) < 4.78 is 5.95. The largest absolute Gasteiger partial charge is 0.456 e. The Morgan fingerprint density at radius 3 is 2.56 bits per heavy atom. The first kappa shape index (κ1) is 24.0. The SMILES string of the molecule is CC(C)(C)CN1CCC(NC(=O)c2n[nH]c3ccc(-c4cncc(Oc5ccccc5)c4)cc23)CC1. The quantitative estimate of drug-likeness (QED) is 0.370. The van der Waals surface area contributed by atoms with Crippen LogP contribution >= 0.6 is 0 Å². The smallest absolute Gasteiger partial charge is 0.272 e. The van der Waals surface area contributed by atoms with Crippen molar-refractivity contribution in [2.45, 2.75) is 39.7 Å². The van der Waals surface area contributed by atoms with Crippen LogP contribution in [0, 0.1) is 5.41 Å². The molecule has 1 saturated heterocycles. The van der Waals surface area contributed by atoms with E-state index in [0.717, 1.165) is 60.3 Å². The number of hydrogen-bond donors (Lipinski definition) is 2. The zero-order chi connectivity index (χ0) is 25.1. The van der Waals surface area contributed by atoms with E-state index in [1.165, 1.54) is 0 Å². The molecule has 0 aliphatic carbocycles. The molecule has 0 radical (unpaired) electrons. The second-order valence-electron chi connectivity index (χ2n) is 10.7. The van der Waals surface area contributed by atoms with E-state index >= 15 is 0 Å². The summed E-state index contributed by atoms with van der Waals surface area (Å²) in [5, 5.41) is 11.4. The number of pyridine rings is 1. The monoisotopic (exact) mass is 483 g/mol. The highest BCUT2D eigenvalue weighted by atomic mass is 16.5. The molecule has 2 aromatic heterocycles. The van der Waals surface area contributed by atoms with E-state index in [1.807, 2.05) is 54.6 Å². The van der Waals surface area contributed by atoms with Gasteiger partial charge in [0.2, 0.25) is 0 Å². The highest BCUT2D eigenvalue weighted by Gasteiger charge is 2.25. The van der Waals surface area contributed by atoms with E-state index in [2.05, 4.69) is 46.2 Å². The van der Waals surface area contributed by atoms with Crippen molar-refractivity contribution >= 4 is 16.8 Å². The molecule has 0 bridgehead atoms. The van der Waals surface area contributed by atoms with Crippen LogP contribution in [-0.4, -0.2) is 51.7 Å². The molecule has 3 heterocycles. The summed E-state index contributed by atoms with van der Waals surface area (Å²) >= 11 is 0. The zero-order valence-corrected chi connectivity index (χ0v) is 21.1. The fourth-order valence-corrected chi connectivity index (χ4v) is 4.78. The lowest BCUT2D eigenvalue weighted by Crippen LogP contribution is -2.46. The number of para-hydroxylation sites is 1. The van der Waals surface area contributed by atoms with Gasteiger partial charge in [0.05, 0.1) is 11.7 Å². The molecular weight excluding hydrogens is 450 g/mol. The summed E-state index contributed by atoms with van der Waals surface area (Å²) in [5.74, 6) is 1.28. The summed E-state index contributed by atoms with van der Waals surface area (Å²) in [6.45, 7) is 9.87. The normalized spacial score (nSPS) is 15.2. The standard InChI is InChI=1S/C29H33N5O2/c1-29(2,3)19-34-13-11-22(12-14-34)31-28(35)27-25-16-20(9-10-26(25)32-33-27)21-15-24(18-30-17-21)36-23-7-5-4-6-8-23/h4-10,15-18,22H,11-14,19H2,1-3H3,(H,31,35)(H,32,33). The van der Waals surface area contributed by atoms with Crippen LogP contribution < -0.4 is 10.1 Å². The van der Waals surface area contributed by atoms with Gasteiger partial charge in [0.1, 0.15) is 11.5 Å². The lowest BCUT2D eigenvalue weighted by molar-refractivity contribution is 0.0892. The number of piperidine rings is 1. The van der Waals surface area contributed by atoms with Gasteiger partial charge in [0.25, 0.3) is 5.91 Å². The maximum Gasteiger partial charge on any atom is 0.272 e. The van der Waals surface area contributed by atoms with E-state index in [9.17, 15) is 4.79 Å². The Labute approximate surface area is 211 Å². The third-order valence-corrected chi connectivity index (χ3v) is 6.42. The van der Waals surface area contributed by atoms with Crippen LogP contribution in [0.1, 0.15) is 44.1 Å². The molecular formula is C29H33N5O2. The van der Waals surface area contributed by atoms with Crippen LogP contribution in [0.5, 0.6) is 11.5 Å². The average Bonchev–Trinajstić information content (AvgIpc) is 3.29. The maximum atomic E-state index is 13.2. The highest BCUT2D eigenvalue weighted by molar-refractivity contribution is 6.05. The number of benzene rings is 2. The second kappa shape index (κ2) is 10.1. The molecule has 1 aliphatic rings. The lowest BCUT2D eigenvalue weighted by Gasteiger charge is -2.36. The van der Waals surface area contributed by atoms with E-state index in [4.69, 9.17) is 4.74 Å².